The predicted octanol–water partition coefficient (Wildman–Crippen LogP) is 16.1. The van der Waals surface area contributed by atoms with Crippen molar-refractivity contribution < 1.29 is 69.9 Å². The molecule has 0 unspecified atom stereocenters. The maximum Gasteiger partial charge on any atom is 0.499 e. The second-order valence-corrected chi connectivity index (χ2v) is 40.8. The van der Waals surface area contributed by atoms with Crippen molar-refractivity contribution in [3.8, 4) is 33.4 Å². The van der Waals surface area contributed by atoms with E-state index in [2.05, 4.69) is 147 Å². The van der Waals surface area contributed by atoms with Crippen LogP contribution in [0.5, 0.6) is 0 Å². The number of imidazole rings is 6. The largest absolute Gasteiger partial charge is 0.499 e. The molecule has 1 amide bonds. The molecule has 4 aliphatic carbocycles. The molecule has 20 aromatic rings. The zero-order valence-corrected chi connectivity index (χ0v) is 85.3. The van der Waals surface area contributed by atoms with E-state index in [1.807, 2.05) is 112 Å². The predicted molar refractivity (Wildman–Crippen MR) is 535 cm³/mol. The summed E-state index contributed by atoms with van der Waals surface area (Å²) < 4.78 is 88.3. The van der Waals surface area contributed by atoms with Gasteiger partial charge in [0.2, 0.25) is 0 Å². The van der Waals surface area contributed by atoms with Crippen molar-refractivity contribution in [1.29, 1.82) is 0 Å². The Balaban J connectivity index is 0.000000115. The minimum Gasteiger partial charge on any atom is -0.476 e. The minimum atomic E-state index is -1.10. The van der Waals surface area contributed by atoms with Gasteiger partial charge in [0, 0.05) is 107 Å². The van der Waals surface area contributed by atoms with E-state index in [-0.39, 0.29) is 82.2 Å². The van der Waals surface area contributed by atoms with Crippen molar-refractivity contribution >= 4 is 122 Å². The minimum absolute atomic E-state index is 0. The molecule has 762 valence electrons. The van der Waals surface area contributed by atoms with Gasteiger partial charge in [0.15, 0.2) is 40.1 Å². The van der Waals surface area contributed by atoms with Gasteiger partial charge in [0.25, 0.3) is 5.91 Å². The Hall–Kier alpha value is -15.4. The highest BCUT2D eigenvalue weighted by Crippen LogP contribution is 2.46. The Labute approximate surface area is 864 Å². The molecule has 43 nitrogen and oxygen atoms in total. The second-order valence-electron chi connectivity index (χ2n) is 39.2. The summed E-state index contributed by atoms with van der Waals surface area (Å²) in [6, 6.07) is 11.5. The summed E-state index contributed by atoms with van der Waals surface area (Å²) in [5.74, 6) is -1.16. The van der Waals surface area contributed by atoms with Crippen molar-refractivity contribution in [3.63, 3.8) is 0 Å². The van der Waals surface area contributed by atoms with Crippen LogP contribution in [0.15, 0.2) is 208 Å². The average molecular weight is 2140 g/mol. The number of nitrogens with zero attached hydrogens (tertiary/aromatic N) is 28. The lowest BCUT2D eigenvalue weighted by atomic mass is 9.82. The Kier molecular flexibility index (Phi) is 28.4. The fraction of sp³-hybridized carbons (Fsp3) is 0.327. The number of carbonyl (C=O) groups excluding carboxylic acids is 3. The number of pyridine rings is 6. The number of hydrogen-bond acceptors (Lipinski definition) is 31. The first-order valence-electron chi connectivity index (χ1n) is 47.0. The Bertz CT molecular complexity index is 8220. The van der Waals surface area contributed by atoms with Crippen LogP contribution in [0, 0.1) is 11.6 Å². The Morgan fingerprint density at radius 3 is 1.18 bits per heavy atom. The number of carboxylic acids is 1. The molecular weight excluding hydrogens is 2040 g/mol. The molecule has 25 rings (SSSR count). The zero-order valence-electron chi connectivity index (χ0n) is 81.4. The maximum atomic E-state index is 14.4. The smallest absolute Gasteiger partial charge is 0.476 e. The van der Waals surface area contributed by atoms with Crippen molar-refractivity contribution in [2.45, 2.75) is 206 Å². The lowest BCUT2D eigenvalue weighted by Gasteiger charge is -2.32. The number of hydrogen-bond donors (Lipinski definition) is 3. The van der Waals surface area contributed by atoms with Crippen LogP contribution in [0.3, 0.4) is 0 Å². The molecule has 5 aliphatic rings. The SMILES string of the molecule is CC(C)(C)OC(=O)c1cn(Cc2cn3cc(C4CC4)cc(-c4cnoc4)c3n2)nn1.CC(C)(C)OC(=O)c1cn(Cc2cn3cc(C4CC4)cc(Br)c3n2)nn1.CC1(C)OB(c2cnoc2)OC1(C)C.Cl.NCc1ncn2ccc(Cl)c(F)c12.O=C(NCc1ncn2ccc(Cl)c(F)c12)c1cn(Cc2cn3cc(C4CC4)cc(-c4cnoc4)c3n2)nn1.O=C(O)c1cn(Cc2cn3cc(C4CC4)cc(-c4cnoc4)c3n2)nn1. The molecule has 1 saturated heterocycles. The Morgan fingerprint density at radius 1 is 0.480 bits per heavy atom. The van der Waals surface area contributed by atoms with Crippen LogP contribution in [-0.4, -0.2) is 195 Å². The lowest BCUT2D eigenvalue weighted by molar-refractivity contribution is 0.00503. The van der Waals surface area contributed by atoms with Crippen LogP contribution in [0.1, 0.15) is 243 Å². The van der Waals surface area contributed by atoms with Crippen LogP contribution >= 0.6 is 51.5 Å². The highest BCUT2D eigenvalue weighted by Gasteiger charge is 2.52. The number of nitrogens with one attached hydrogen (secondary N) is 1. The summed E-state index contributed by atoms with van der Waals surface area (Å²) in [6.07, 6.45) is 51.4. The molecule has 4 N–H and O–H groups in total. The summed E-state index contributed by atoms with van der Waals surface area (Å²) in [4.78, 5) is 74.9. The number of ether oxygens (including phenoxy) is 2. The lowest BCUT2D eigenvalue weighted by Crippen LogP contribution is -2.41. The van der Waals surface area contributed by atoms with Crippen LogP contribution in [-0.2, 0) is 58.1 Å². The van der Waals surface area contributed by atoms with Gasteiger partial charge in [-0.05, 0) is 219 Å². The van der Waals surface area contributed by atoms with Crippen molar-refractivity contribution in [3.05, 3.63) is 291 Å². The van der Waals surface area contributed by atoms with Gasteiger partial charge in [-0.3, -0.25) is 4.79 Å². The molecule has 0 bridgehead atoms. The number of carboxylic acid groups (broad SMARTS) is 1. The molecule has 50 heteroatoms. The first kappa shape index (κ1) is 101. The van der Waals surface area contributed by atoms with Crippen molar-refractivity contribution in [2.24, 2.45) is 5.73 Å². The van der Waals surface area contributed by atoms with Gasteiger partial charge in [-0.2, -0.15) is 0 Å². The third-order valence-electron chi connectivity index (χ3n) is 24.9. The highest BCUT2D eigenvalue weighted by atomic mass is 79.9. The van der Waals surface area contributed by atoms with Crippen molar-refractivity contribution in [1.82, 2.24) is 142 Å². The summed E-state index contributed by atoms with van der Waals surface area (Å²) in [6.45, 7) is 20.6. The third kappa shape index (κ3) is 23.0. The molecule has 5 fully saturated rings. The number of esters is 2. The van der Waals surface area contributed by atoms with E-state index >= 15 is 0 Å². The van der Waals surface area contributed by atoms with E-state index in [0.29, 0.717) is 66.8 Å². The summed E-state index contributed by atoms with van der Waals surface area (Å²) in [7, 11) is -0.369. The first-order valence-corrected chi connectivity index (χ1v) is 48.6. The standard InChI is InChI=1S/C25H19ClFN9O2.C21H22N6O3.C18H20BrN5O2.C17H14N6O3.C9H14BNO3.C8H7ClFN3.ClH/c26-19-3-4-34-13-29-20(23(34)22(19)27)7-28-25(37)21-11-36(33-32-21)10-17-9-35-8-15(14-1-2-14)5-18(24(35)31-17)16-6-30-38-12-16;1-21(2,3)30-20(28)18-11-27(25-24-18)10-16-9-26-8-14(13-4-5-13)6-17(19(26)23-16)15-7-22-29-12-15;1-18(2,3)26-17(25)15-10-24(22-21-15)9-13-8-23-7-12(11-4-5-11)6-14(19)16(23)20-13;24-17(25)15-8-23(21-20-15)7-13-6-22-5-11(10-1-2-10)3-14(16(22)19-13)12-4-18-26-9-12;1-8(2)9(3,4)14-10(13-8)7-5-11-12-6-7;9-5-1-2-13-4-12-6(3-11)8(13)7(5)10;/h3-6,8-9,11-14H,1-2,7,10H2,(H,28,37);6-9,11-13H,4-5,10H2,1-3H3;6-8,10-11H,4-5,9H2,1-3H3;3-6,8-10H,1-2,7H2,(H,24,25);5-6H,1-4H3;1-2,4H,3,11H2;1H. The fourth-order valence-corrected chi connectivity index (χ4v) is 17.2. The summed E-state index contributed by atoms with van der Waals surface area (Å²) in [5.41, 5.74) is 23.4. The number of rotatable bonds is 23. The van der Waals surface area contributed by atoms with Crippen LogP contribution in [0.25, 0.3) is 67.0 Å². The number of amides is 1. The topological polar surface area (TPSA) is 494 Å². The van der Waals surface area contributed by atoms with E-state index in [4.69, 9.17) is 85.9 Å². The van der Waals surface area contributed by atoms with E-state index in [1.54, 1.807) is 99.3 Å². The first-order chi connectivity index (χ1) is 70.5. The summed E-state index contributed by atoms with van der Waals surface area (Å²) >= 11 is 15.1. The molecule has 20 aromatic heterocycles. The quantitative estimate of drug-likeness (QED) is 0.0395. The maximum absolute atomic E-state index is 14.4. The molecule has 0 aromatic carbocycles. The molecule has 21 heterocycles. The normalized spacial score (nSPS) is 14.7. The molecule has 0 atom stereocenters. The van der Waals surface area contributed by atoms with Gasteiger partial charge >= 0.3 is 25.0 Å². The molecule has 0 spiro atoms. The highest BCUT2D eigenvalue weighted by molar-refractivity contribution is 9.10. The Morgan fingerprint density at radius 2 is 0.824 bits per heavy atom. The number of carbonyl (C=O) groups is 4. The van der Waals surface area contributed by atoms with E-state index < -0.39 is 46.7 Å². The van der Waals surface area contributed by atoms with Gasteiger partial charge in [0.1, 0.15) is 64.2 Å². The van der Waals surface area contributed by atoms with Crippen LogP contribution in [0.2, 0.25) is 10.0 Å². The van der Waals surface area contributed by atoms with E-state index in [0.717, 1.165) is 88.7 Å². The number of halogens is 6. The molecule has 1 aliphatic heterocycles. The zero-order chi connectivity index (χ0) is 103. The molecular formula is C98H97BBrCl3F2N30O13. The fourth-order valence-electron chi connectivity index (χ4n) is 16.4. The van der Waals surface area contributed by atoms with Gasteiger partial charge < -0.3 is 79.4 Å². The average Bonchev–Trinajstić information content (AvgIpc) is 1.64. The number of fused-ring (bicyclic) bond motifs is 6. The molecule has 0 radical (unpaired) electrons. The van der Waals surface area contributed by atoms with Crippen molar-refractivity contribution in [2.75, 3.05) is 0 Å². The van der Waals surface area contributed by atoms with Gasteiger partial charge in [-0.1, -0.05) is 64.7 Å². The van der Waals surface area contributed by atoms with Crippen LogP contribution in [0.4, 0.5) is 8.78 Å². The number of aromatic carboxylic acids is 1. The number of nitrogens with two attached hydrogens (primary N) is 1. The number of aromatic nitrogens is 28. The third-order valence-corrected chi connectivity index (χ3v) is 26.1. The van der Waals surface area contributed by atoms with Gasteiger partial charge in [-0.25, -0.2) is 71.8 Å². The monoisotopic (exact) mass is 2130 g/mol. The van der Waals surface area contributed by atoms with E-state index in [9.17, 15) is 28.0 Å². The second kappa shape index (κ2) is 41.5. The van der Waals surface area contributed by atoms with E-state index in [1.165, 1.54) is 114 Å². The molecule has 4 saturated carbocycles. The van der Waals surface area contributed by atoms with Crippen LogP contribution < -0.4 is 16.5 Å². The van der Waals surface area contributed by atoms with Gasteiger partial charge in [0.05, 0.1) is 155 Å². The van der Waals surface area contributed by atoms with Gasteiger partial charge in [-0.15, -0.1) is 32.8 Å². The summed E-state index contributed by atoms with van der Waals surface area (Å²) in [5, 5.41) is 58.3. The molecule has 148 heavy (non-hydrogen) atoms.